The van der Waals surface area contributed by atoms with Crippen molar-refractivity contribution in [3.63, 3.8) is 0 Å². The van der Waals surface area contributed by atoms with Crippen LogP contribution in [0.1, 0.15) is 132 Å². The van der Waals surface area contributed by atoms with E-state index in [1.807, 2.05) is 6.07 Å². The van der Waals surface area contributed by atoms with E-state index in [1.165, 1.54) is 5.57 Å². The number of allylic oxidation sites excluding steroid dienone is 3. The van der Waals surface area contributed by atoms with Crippen LogP contribution < -0.4 is 16.0 Å². The summed E-state index contributed by atoms with van der Waals surface area (Å²) < 4.78 is 18.8. The molecule has 4 aliphatic heterocycles. The Morgan fingerprint density at radius 3 is 2.47 bits per heavy atom. The second-order valence-corrected chi connectivity index (χ2v) is 25.5. The molecule has 1 aromatic carbocycles. The number of carbonyl (C=O) groups is 6. The van der Waals surface area contributed by atoms with E-state index in [9.17, 15) is 28.8 Å². The van der Waals surface area contributed by atoms with E-state index in [2.05, 4.69) is 86.8 Å². The number of imide groups is 2. The summed E-state index contributed by atoms with van der Waals surface area (Å²) in [6.07, 6.45) is 14.2. The van der Waals surface area contributed by atoms with E-state index >= 15 is 0 Å². The summed E-state index contributed by atoms with van der Waals surface area (Å²) in [5.74, 6) is -1.25. The van der Waals surface area contributed by atoms with E-state index in [-0.39, 0.29) is 71.7 Å². The number of cyclic esters (lactones) is 1. The van der Waals surface area contributed by atoms with Crippen molar-refractivity contribution in [1.82, 2.24) is 20.4 Å². The van der Waals surface area contributed by atoms with Gasteiger partial charge in [-0.25, -0.2) is 4.79 Å². The largest absolute Gasteiger partial charge is 0.462 e. The van der Waals surface area contributed by atoms with E-state index in [0.717, 1.165) is 82.3 Å². The third-order valence-corrected chi connectivity index (χ3v) is 19.5. The van der Waals surface area contributed by atoms with Gasteiger partial charge >= 0.3 is 12.1 Å². The summed E-state index contributed by atoms with van der Waals surface area (Å²) in [5, 5.41) is 8.86. The number of amides is 5. The maximum absolute atomic E-state index is 13.5. The number of anilines is 1. The van der Waals surface area contributed by atoms with Crippen LogP contribution in [0.5, 0.6) is 0 Å². The zero-order chi connectivity index (χ0) is 45.9. The first-order chi connectivity index (χ1) is 30.4. The van der Waals surface area contributed by atoms with Crippen molar-refractivity contribution in [2.24, 2.45) is 23.7 Å². The van der Waals surface area contributed by atoms with Gasteiger partial charge in [0, 0.05) is 50.1 Å². The Hall–Kier alpha value is -4.34. The molecule has 64 heavy (non-hydrogen) atoms. The molecule has 0 radical (unpaired) electrons. The molecule has 0 aromatic heterocycles. The monoisotopic (exact) mass is 902 g/mol. The van der Waals surface area contributed by atoms with Gasteiger partial charge in [-0.05, 0) is 112 Å². The molecule has 5 amide bonds. The number of hydrogen-bond donors (Lipinski definition) is 3. The molecular formula is C49H71N5O9Si. The number of nitrogens with one attached hydrogen (secondary N) is 3. The number of esters is 1. The van der Waals surface area contributed by atoms with Gasteiger partial charge < -0.3 is 29.4 Å². The maximum atomic E-state index is 13.5. The van der Waals surface area contributed by atoms with Crippen LogP contribution in [-0.2, 0) is 28.3 Å². The Morgan fingerprint density at radius 1 is 0.969 bits per heavy atom. The minimum absolute atomic E-state index is 0.0628. The van der Waals surface area contributed by atoms with Crippen molar-refractivity contribution in [1.29, 1.82) is 0 Å². The fourth-order valence-electron chi connectivity index (χ4n) is 10.5. The summed E-state index contributed by atoms with van der Waals surface area (Å²) in [6.45, 7) is 18.9. The van der Waals surface area contributed by atoms with Crippen molar-refractivity contribution in [3.05, 3.63) is 53.1 Å². The summed E-state index contributed by atoms with van der Waals surface area (Å²) in [6, 6.07) is 4.31. The van der Waals surface area contributed by atoms with Crippen LogP contribution in [0.15, 0.2) is 42.0 Å². The number of fused-ring (bicyclic) bond motifs is 2. The van der Waals surface area contributed by atoms with Gasteiger partial charge in [0.15, 0.2) is 8.32 Å². The highest BCUT2D eigenvalue weighted by Crippen LogP contribution is 2.46. The van der Waals surface area contributed by atoms with Gasteiger partial charge in [0.2, 0.25) is 11.8 Å². The smallest absolute Gasteiger partial charge is 0.407 e. The molecule has 1 aromatic rings. The molecule has 15 heteroatoms. The zero-order valence-corrected chi connectivity index (χ0v) is 40.0. The number of likely N-dealkylation sites (tertiary alicyclic amines) is 1. The number of alkyl carbamates (subject to hydrolysis) is 1. The minimum Gasteiger partial charge on any atom is -0.462 e. The molecule has 0 saturated carbocycles. The molecular weight excluding hydrogens is 831 g/mol. The second kappa shape index (κ2) is 20.0. The SMILES string of the molecule is C[C@H]1C=C2C=C[C@H](C)[C@H](CC[C@@H]3C[C@@H](O[Si](C)(C)C(C)(C)C)CC(=O)O3)[C@H]2[C@@H](OC(=O)NCCCCCN2CCC(Nc3cccc4c3C(=O)N(C3CCC(=O)NC3=O)C4=O)CC2)C1. The van der Waals surface area contributed by atoms with Gasteiger partial charge in [0.1, 0.15) is 18.2 Å². The lowest BCUT2D eigenvalue weighted by Gasteiger charge is -2.44. The van der Waals surface area contributed by atoms with Gasteiger partial charge in [-0.1, -0.05) is 65.3 Å². The number of carbonyl (C=O) groups excluding carboxylic acids is 6. The predicted octanol–water partition coefficient (Wildman–Crippen LogP) is 7.51. The summed E-state index contributed by atoms with van der Waals surface area (Å²) in [7, 11) is -2.03. The average molecular weight is 902 g/mol. The number of ether oxygens (including phenoxy) is 2. The summed E-state index contributed by atoms with van der Waals surface area (Å²) in [5.41, 5.74) is 2.41. The molecule has 0 bridgehead atoms. The highest BCUT2D eigenvalue weighted by Gasteiger charge is 2.47. The number of benzene rings is 1. The maximum Gasteiger partial charge on any atom is 0.407 e. The molecule has 2 aliphatic carbocycles. The van der Waals surface area contributed by atoms with Gasteiger partial charge in [0.05, 0.1) is 23.7 Å². The molecule has 14 nitrogen and oxygen atoms in total. The predicted molar refractivity (Wildman–Crippen MR) is 246 cm³/mol. The van der Waals surface area contributed by atoms with Crippen molar-refractivity contribution < 1.29 is 42.7 Å². The lowest BCUT2D eigenvalue weighted by atomic mass is 9.65. The van der Waals surface area contributed by atoms with Crippen molar-refractivity contribution in [2.75, 3.05) is 31.5 Å². The topological polar surface area (TPSA) is 173 Å². The molecule has 3 fully saturated rings. The van der Waals surface area contributed by atoms with E-state index in [1.54, 1.807) is 12.1 Å². The van der Waals surface area contributed by atoms with E-state index in [0.29, 0.717) is 36.1 Å². The van der Waals surface area contributed by atoms with Crippen molar-refractivity contribution >= 4 is 49.7 Å². The third kappa shape index (κ3) is 11.0. The fourth-order valence-corrected chi connectivity index (χ4v) is 11.8. The standard InChI is InChI=1S/C49H71N5O9Si/c1-30-26-32-15-14-31(2)36(17-16-34-28-35(29-42(56)61-34)63-64(6,7)49(3,4)5)43(32)40(27-30)62-48(60)50-22-9-8-10-23-53-24-20-33(21-25-53)51-38-13-11-12-37-44(38)47(59)54(46(37)58)39-18-19-41(55)52-45(39)57/h11-15,26,30-31,33-36,39-40,43,51H,8-10,16-25,27-29H2,1-7H3,(H,50,60)(H,52,55,57)/t30-,31-,34+,35+,36-,39?,40-,43-/m0/s1. The highest BCUT2D eigenvalue weighted by atomic mass is 28.4. The first-order valence-electron chi connectivity index (χ1n) is 23.9. The minimum atomic E-state index is -2.03. The Morgan fingerprint density at radius 2 is 1.73 bits per heavy atom. The fraction of sp³-hybridized carbons (Fsp3) is 0.673. The summed E-state index contributed by atoms with van der Waals surface area (Å²) in [4.78, 5) is 80.5. The number of nitrogens with zero attached hydrogens (tertiary/aromatic N) is 2. The molecule has 350 valence electrons. The second-order valence-electron chi connectivity index (χ2n) is 20.8. The quantitative estimate of drug-likeness (QED) is 0.0689. The third-order valence-electron chi connectivity index (χ3n) is 15.0. The Balaban J connectivity index is 0.820. The van der Waals surface area contributed by atoms with Crippen LogP contribution in [0, 0.1) is 23.7 Å². The first-order valence-corrected chi connectivity index (χ1v) is 26.8. The van der Waals surface area contributed by atoms with Crippen LogP contribution in [0.2, 0.25) is 18.1 Å². The lowest BCUT2D eigenvalue weighted by molar-refractivity contribution is -0.160. The van der Waals surface area contributed by atoms with Crippen LogP contribution in [0.25, 0.3) is 0 Å². The van der Waals surface area contributed by atoms with Crippen LogP contribution in [-0.4, -0.2) is 110 Å². The van der Waals surface area contributed by atoms with Gasteiger partial charge in [0.25, 0.3) is 11.8 Å². The number of rotatable bonds is 15. The average Bonchev–Trinajstić information content (AvgIpc) is 3.47. The van der Waals surface area contributed by atoms with E-state index < -0.39 is 38.0 Å². The molecule has 6 aliphatic rings. The highest BCUT2D eigenvalue weighted by molar-refractivity contribution is 6.74. The normalized spacial score (nSPS) is 29.1. The molecule has 8 atom stereocenters. The number of hydrogen-bond acceptors (Lipinski definition) is 11. The van der Waals surface area contributed by atoms with Crippen LogP contribution in [0.4, 0.5) is 10.5 Å². The van der Waals surface area contributed by atoms with Crippen LogP contribution >= 0.6 is 0 Å². The molecule has 3 saturated heterocycles. The number of piperidine rings is 2. The Labute approximate surface area is 380 Å². The van der Waals surface area contributed by atoms with Gasteiger partial charge in [-0.3, -0.25) is 34.2 Å². The van der Waals surface area contributed by atoms with E-state index in [4.69, 9.17) is 13.9 Å². The molecule has 3 N–H and O–H groups in total. The van der Waals surface area contributed by atoms with Crippen molar-refractivity contribution in [2.45, 2.75) is 160 Å². The summed E-state index contributed by atoms with van der Waals surface area (Å²) >= 11 is 0. The van der Waals surface area contributed by atoms with Crippen molar-refractivity contribution in [3.8, 4) is 0 Å². The van der Waals surface area contributed by atoms with Crippen LogP contribution in [0.3, 0.4) is 0 Å². The zero-order valence-electron chi connectivity index (χ0n) is 39.0. The lowest BCUT2D eigenvalue weighted by Crippen LogP contribution is -2.54. The van der Waals surface area contributed by atoms with Gasteiger partial charge in [-0.2, -0.15) is 0 Å². The first kappa shape index (κ1) is 47.6. The number of unbranched alkanes of at least 4 members (excludes halogenated alkanes) is 2. The molecule has 0 spiro atoms. The molecule has 7 rings (SSSR count). The Kier molecular flexibility index (Phi) is 14.9. The van der Waals surface area contributed by atoms with Gasteiger partial charge in [-0.15, -0.1) is 0 Å². The molecule has 4 heterocycles. The Bertz CT molecular complexity index is 2000. The molecule has 1 unspecified atom stereocenters.